The van der Waals surface area contributed by atoms with Crippen LogP contribution in [0.4, 0.5) is 0 Å². The summed E-state index contributed by atoms with van der Waals surface area (Å²) in [4.78, 5) is 0.376. The van der Waals surface area contributed by atoms with Crippen LogP contribution in [-0.4, -0.2) is 38.0 Å². The molecule has 0 bridgehead atoms. The van der Waals surface area contributed by atoms with Gasteiger partial charge in [0, 0.05) is 0 Å². The average Bonchev–Trinajstić information content (AvgIpc) is 1.88. The van der Waals surface area contributed by atoms with Crippen LogP contribution in [0, 0.1) is 6.92 Å². The molecule has 0 N–H and O–H groups in total. The van der Waals surface area contributed by atoms with Gasteiger partial charge in [-0.25, -0.2) is 8.42 Å². The van der Waals surface area contributed by atoms with Crippen molar-refractivity contribution in [2.75, 3.05) is 0 Å². The second-order valence-corrected chi connectivity index (χ2v) is 3.12. The molecular formula is C7H9NaO2S. The van der Waals surface area contributed by atoms with E-state index >= 15 is 0 Å². The van der Waals surface area contributed by atoms with E-state index in [2.05, 4.69) is 0 Å². The maximum absolute atomic E-state index is 10.3. The van der Waals surface area contributed by atoms with Gasteiger partial charge in [0.05, 0.1) is 4.90 Å². The van der Waals surface area contributed by atoms with Gasteiger partial charge in [0.25, 0.3) is 0 Å². The van der Waals surface area contributed by atoms with Gasteiger partial charge < -0.3 is 0 Å². The Morgan fingerprint density at radius 1 is 1.09 bits per heavy atom. The zero-order chi connectivity index (χ0) is 7.56. The van der Waals surface area contributed by atoms with Crippen molar-refractivity contribution in [3.63, 3.8) is 0 Å². The molecule has 4 heteroatoms. The van der Waals surface area contributed by atoms with Crippen molar-refractivity contribution < 1.29 is 8.42 Å². The Morgan fingerprint density at radius 3 is 1.91 bits per heavy atom. The van der Waals surface area contributed by atoms with Crippen molar-refractivity contribution in [3.8, 4) is 0 Å². The molecule has 11 heavy (non-hydrogen) atoms. The molecule has 0 heterocycles. The first-order chi connectivity index (χ1) is 4.70. The topological polar surface area (TPSA) is 34.1 Å². The summed E-state index contributed by atoms with van der Waals surface area (Å²) in [5.41, 5.74) is 1.07. The Balaban J connectivity index is 0.000001000. The van der Waals surface area contributed by atoms with Crippen molar-refractivity contribution in [1.82, 2.24) is 0 Å². The van der Waals surface area contributed by atoms with Crippen LogP contribution in [0.5, 0.6) is 0 Å². The van der Waals surface area contributed by atoms with E-state index in [0.717, 1.165) is 5.56 Å². The number of hydrogen-bond acceptors (Lipinski definition) is 2. The third-order valence-corrected chi connectivity index (χ3v) is 1.96. The van der Waals surface area contributed by atoms with Crippen molar-refractivity contribution in [3.05, 3.63) is 29.8 Å². The molecule has 0 radical (unpaired) electrons. The molecule has 1 aromatic carbocycles. The normalized spacial score (nSPS) is 9.27. The number of hydrogen-bond donors (Lipinski definition) is 1. The minimum atomic E-state index is -2.41. The predicted octanol–water partition coefficient (Wildman–Crippen LogP) is 0.317. The number of rotatable bonds is 1. The van der Waals surface area contributed by atoms with Crippen molar-refractivity contribution in [2.24, 2.45) is 0 Å². The zero-order valence-electron chi connectivity index (χ0n) is 5.57. The van der Waals surface area contributed by atoms with E-state index in [4.69, 9.17) is 0 Å². The average molecular weight is 180 g/mol. The molecule has 0 saturated carbocycles. The summed E-state index contributed by atoms with van der Waals surface area (Å²) in [7, 11) is -2.41. The molecule has 56 valence electrons. The molecule has 2 nitrogen and oxygen atoms in total. The van der Waals surface area contributed by atoms with E-state index in [-0.39, 0.29) is 29.6 Å². The summed E-state index contributed by atoms with van der Waals surface area (Å²) in [5, 5.41) is 0. The van der Waals surface area contributed by atoms with Gasteiger partial charge in [-0.3, -0.25) is 0 Å². The quantitative estimate of drug-likeness (QED) is 0.498. The van der Waals surface area contributed by atoms with E-state index in [0.29, 0.717) is 4.90 Å². The summed E-state index contributed by atoms with van der Waals surface area (Å²) >= 11 is 0. The molecular weight excluding hydrogens is 171 g/mol. The Bertz CT molecular complexity index is 282. The van der Waals surface area contributed by atoms with Crippen LogP contribution in [-0.2, 0) is 10.7 Å². The summed E-state index contributed by atoms with van der Waals surface area (Å²) in [6, 6.07) is 6.75. The second-order valence-electron chi connectivity index (χ2n) is 2.09. The molecule has 0 spiro atoms. The SMILES string of the molecule is Cc1ccc([SH](=O)=O)cc1.[NaH]. The third-order valence-electron chi connectivity index (χ3n) is 1.24. The summed E-state index contributed by atoms with van der Waals surface area (Å²) < 4.78 is 20.7. The van der Waals surface area contributed by atoms with Crippen molar-refractivity contribution >= 4 is 40.3 Å². The molecule has 0 atom stereocenters. The monoisotopic (exact) mass is 180 g/mol. The summed E-state index contributed by atoms with van der Waals surface area (Å²) in [6.45, 7) is 1.92. The Morgan fingerprint density at radius 2 is 1.55 bits per heavy atom. The van der Waals surface area contributed by atoms with Crippen molar-refractivity contribution in [1.29, 1.82) is 0 Å². The molecule has 0 aromatic heterocycles. The molecule has 1 aromatic rings. The van der Waals surface area contributed by atoms with E-state index < -0.39 is 10.7 Å². The Kier molecular flexibility index (Phi) is 5.01. The Labute approximate surface area is 89.9 Å². The van der Waals surface area contributed by atoms with Crippen LogP contribution in [0.3, 0.4) is 0 Å². The molecule has 0 amide bonds. The van der Waals surface area contributed by atoms with Crippen LogP contribution in [0.2, 0.25) is 0 Å². The van der Waals surface area contributed by atoms with Crippen LogP contribution in [0.1, 0.15) is 5.56 Å². The van der Waals surface area contributed by atoms with Crippen molar-refractivity contribution in [2.45, 2.75) is 11.8 Å². The fraction of sp³-hybridized carbons (Fsp3) is 0.143. The van der Waals surface area contributed by atoms with Gasteiger partial charge in [-0.1, -0.05) is 17.7 Å². The third kappa shape index (κ3) is 3.38. The predicted molar refractivity (Wildman–Crippen MR) is 46.9 cm³/mol. The van der Waals surface area contributed by atoms with Gasteiger partial charge >= 0.3 is 29.6 Å². The van der Waals surface area contributed by atoms with Gasteiger partial charge in [0.1, 0.15) is 0 Å². The van der Waals surface area contributed by atoms with Gasteiger partial charge in [0.15, 0.2) is 10.7 Å². The van der Waals surface area contributed by atoms with Crippen LogP contribution in [0.15, 0.2) is 29.2 Å². The fourth-order valence-electron chi connectivity index (χ4n) is 0.666. The van der Waals surface area contributed by atoms with Gasteiger partial charge in [0.2, 0.25) is 0 Å². The maximum atomic E-state index is 10.3. The summed E-state index contributed by atoms with van der Waals surface area (Å²) in [6.07, 6.45) is 0. The molecule has 0 aliphatic heterocycles. The molecule has 1 rings (SSSR count). The first kappa shape index (κ1) is 11.2. The first-order valence-electron chi connectivity index (χ1n) is 2.91. The van der Waals surface area contributed by atoms with Crippen LogP contribution < -0.4 is 0 Å². The van der Waals surface area contributed by atoms with Gasteiger partial charge in [-0.05, 0) is 19.1 Å². The minimum absolute atomic E-state index is 0. The van der Waals surface area contributed by atoms with E-state index in [1.165, 1.54) is 0 Å². The van der Waals surface area contributed by atoms with E-state index in [1.54, 1.807) is 24.3 Å². The number of aryl methyl sites for hydroxylation is 1. The molecule has 0 saturated heterocycles. The van der Waals surface area contributed by atoms with E-state index in [9.17, 15) is 8.42 Å². The first-order valence-corrected chi connectivity index (χ1v) is 4.09. The van der Waals surface area contributed by atoms with Crippen LogP contribution in [0.25, 0.3) is 0 Å². The van der Waals surface area contributed by atoms with Gasteiger partial charge in [-0.2, -0.15) is 0 Å². The summed E-state index contributed by atoms with van der Waals surface area (Å²) in [5.74, 6) is 0. The van der Waals surface area contributed by atoms with Crippen LogP contribution >= 0.6 is 0 Å². The van der Waals surface area contributed by atoms with Gasteiger partial charge in [-0.15, -0.1) is 0 Å². The molecule has 0 fully saturated rings. The molecule has 0 aliphatic rings. The zero-order valence-corrected chi connectivity index (χ0v) is 6.47. The second kappa shape index (κ2) is 4.93. The number of thiol groups is 1. The number of benzene rings is 1. The standard InChI is InChI=1S/C7H8O2S.Na.H/c1-6-2-4-7(5-3-6)10(8)9;;/h2-5,10H,1H3;;. The fourth-order valence-corrected chi connectivity index (χ4v) is 1.06. The Hall–Kier alpha value is 0.170. The van der Waals surface area contributed by atoms with E-state index in [1.807, 2.05) is 6.92 Å². The molecule has 0 aliphatic carbocycles. The molecule has 0 unspecified atom stereocenters.